The summed E-state index contributed by atoms with van der Waals surface area (Å²) >= 11 is 0. The number of methoxy groups -OCH3 is 1. The van der Waals surface area contributed by atoms with Crippen LogP contribution in [0.3, 0.4) is 0 Å². The van der Waals surface area contributed by atoms with Crippen LogP contribution in [0, 0.1) is 0 Å². The molecule has 1 aliphatic rings. The van der Waals surface area contributed by atoms with E-state index in [1.807, 2.05) is 24.3 Å². The zero-order valence-corrected chi connectivity index (χ0v) is 15.5. The van der Waals surface area contributed by atoms with Crippen LogP contribution < -0.4 is 5.32 Å². The molecule has 1 aromatic carbocycles. The van der Waals surface area contributed by atoms with E-state index in [1.54, 1.807) is 13.0 Å². The fourth-order valence-corrected chi connectivity index (χ4v) is 4.67. The van der Waals surface area contributed by atoms with Crippen molar-refractivity contribution < 1.29 is 27.2 Å². The summed E-state index contributed by atoms with van der Waals surface area (Å²) in [5.41, 5.74) is -0.647. The number of carbonyl (C=O) groups is 2. The summed E-state index contributed by atoms with van der Waals surface area (Å²) in [6.45, 7) is 1.68. The molecule has 2 aromatic rings. The van der Waals surface area contributed by atoms with Crippen molar-refractivity contribution in [3.63, 3.8) is 0 Å². The molecule has 0 spiro atoms. The topological polar surface area (TPSA) is 103 Å². The van der Waals surface area contributed by atoms with E-state index in [9.17, 15) is 18.0 Å². The second kappa shape index (κ2) is 6.75. The molecular weight excluding hydrogens is 358 g/mol. The van der Waals surface area contributed by atoms with E-state index in [-0.39, 0.29) is 24.3 Å². The first-order valence-electron chi connectivity index (χ1n) is 8.36. The first-order chi connectivity index (χ1) is 12.3. The van der Waals surface area contributed by atoms with Crippen molar-refractivity contribution >= 4 is 32.7 Å². The van der Waals surface area contributed by atoms with Crippen molar-refractivity contribution in [3.05, 3.63) is 36.1 Å². The highest BCUT2D eigenvalue weighted by Gasteiger charge is 2.46. The number of benzene rings is 1. The van der Waals surface area contributed by atoms with Crippen molar-refractivity contribution in [2.45, 2.75) is 31.2 Å². The minimum Gasteiger partial charge on any atom is -0.467 e. The van der Waals surface area contributed by atoms with Gasteiger partial charge in [-0.3, -0.25) is 4.79 Å². The lowest BCUT2D eigenvalue weighted by atomic mass is 9.91. The number of ether oxygens (including phenoxy) is 1. The van der Waals surface area contributed by atoms with Crippen LogP contribution in [0.5, 0.6) is 0 Å². The zero-order chi connectivity index (χ0) is 18.9. The van der Waals surface area contributed by atoms with Gasteiger partial charge in [0.15, 0.2) is 9.84 Å². The van der Waals surface area contributed by atoms with E-state index in [4.69, 9.17) is 9.15 Å². The average molecular weight is 379 g/mol. The molecule has 7 nitrogen and oxygen atoms in total. The normalized spacial score (nSPS) is 19.6. The van der Waals surface area contributed by atoms with Crippen LogP contribution in [0.15, 0.2) is 34.7 Å². The molecule has 0 bridgehead atoms. The first kappa shape index (κ1) is 18.4. The second-order valence-electron chi connectivity index (χ2n) is 6.62. The van der Waals surface area contributed by atoms with Gasteiger partial charge in [0.1, 0.15) is 16.9 Å². The van der Waals surface area contributed by atoms with Crippen molar-refractivity contribution in [1.82, 2.24) is 5.32 Å². The van der Waals surface area contributed by atoms with Crippen LogP contribution in [0.25, 0.3) is 11.0 Å². The molecule has 1 N–H and O–H groups in total. The van der Waals surface area contributed by atoms with Gasteiger partial charge < -0.3 is 14.5 Å². The number of hydrogen-bond donors (Lipinski definition) is 1. The lowest BCUT2D eigenvalue weighted by Crippen LogP contribution is -2.59. The lowest BCUT2D eigenvalue weighted by Gasteiger charge is -2.35. The van der Waals surface area contributed by atoms with Gasteiger partial charge in [-0.1, -0.05) is 18.2 Å². The Morgan fingerprint density at radius 1 is 1.23 bits per heavy atom. The van der Waals surface area contributed by atoms with Crippen LogP contribution >= 0.6 is 0 Å². The summed E-state index contributed by atoms with van der Waals surface area (Å²) in [5.74, 6) is -1.52. The van der Waals surface area contributed by atoms with Crippen LogP contribution in [-0.2, 0) is 24.2 Å². The van der Waals surface area contributed by atoms with Crippen LogP contribution in [0.2, 0.25) is 0 Å². The Labute approximate surface area is 151 Å². The Balaban J connectivity index is 1.82. The molecule has 1 aliphatic heterocycles. The van der Waals surface area contributed by atoms with Gasteiger partial charge in [-0.2, -0.15) is 0 Å². The lowest BCUT2D eigenvalue weighted by molar-refractivity contribution is -0.151. The molecular formula is C18H21NO6S. The Morgan fingerprint density at radius 2 is 1.88 bits per heavy atom. The molecule has 0 saturated carbocycles. The second-order valence-corrected chi connectivity index (χ2v) is 8.93. The van der Waals surface area contributed by atoms with Crippen LogP contribution in [0.4, 0.5) is 0 Å². The van der Waals surface area contributed by atoms with Gasteiger partial charge in [-0.05, 0) is 31.9 Å². The van der Waals surface area contributed by atoms with Crippen LogP contribution in [-0.4, -0.2) is 44.4 Å². The molecule has 1 atom stereocenters. The van der Waals surface area contributed by atoms with Gasteiger partial charge in [-0.15, -0.1) is 0 Å². The highest BCUT2D eigenvalue weighted by Crippen LogP contribution is 2.29. The molecule has 8 heteroatoms. The Morgan fingerprint density at radius 3 is 2.50 bits per heavy atom. The van der Waals surface area contributed by atoms with E-state index in [1.165, 1.54) is 7.11 Å². The van der Waals surface area contributed by atoms with Gasteiger partial charge in [0, 0.05) is 5.39 Å². The molecule has 26 heavy (non-hydrogen) atoms. The minimum absolute atomic E-state index is 0.000592. The summed E-state index contributed by atoms with van der Waals surface area (Å²) < 4.78 is 34.0. The quantitative estimate of drug-likeness (QED) is 0.812. The highest BCUT2D eigenvalue weighted by atomic mass is 32.2. The summed E-state index contributed by atoms with van der Waals surface area (Å²) in [6, 6.07) is 9.20. The molecule has 0 radical (unpaired) electrons. The Hall–Kier alpha value is -2.35. The maximum absolute atomic E-state index is 12.7. The molecule has 1 fully saturated rings. The molecule has 1 saturated heterocycles. The largest absolute Gasteiger partial charge is 0.467 e. The minimum atomic E-state index is -3.20. The fraction of sp³-hybridized carbons (Fsp3) is 0.444. The van der Waals surface area contributed by atoms with Crippen LogP contribution in [0.1, 0.15) is 31.4 Å². The summed E-state index contributed by atoms with van der Waals surface area (Å²) in [7, 11) is -1.97. The number of carbonyl (C=O) groups excluding carboxylic acids is 2. The van der Waals surface area contributed by atoms with Gasteiger partial charge in [0.25, 0.3) is 0 Å². The van der Waals surface area contributed by atoms with E-state index >= 15 is 0 Å². The SMILES string of the molecule is COC(=O)C1(NC(=O)[C@H](C)c2cc3ccccc3o2)CCS(=O)(=O)CC1. The molecule has 3 rings (SSSR count). The number of esters is 1. The Kier molecular flexibility index (Phi) is 4.79. The van der Waals surface area contributed by atoms with Crippen molar-refractivity contribution in [2.24, 2.45) is 0 Å². The monoisotopic (exact) mass is 379 g/mol. The maximum atomic E-state index is 12.7. The number of fused-ring (bicyclic) bond motifs is 1. The molecule has 140 valence electrons. The predicted octanol–water partition coefficient (Wildman–Crippen LogP) is 1.77. The van der Waals surface area contributed by atoms with E-state index in [0.717, 1.165) is 5.39 Å². The number of rotatable bonds is 4. The first-order valence-corrected chi connectivity index (χ1v) is 10.2. The predicted molar refractivity (Wildman–Crippen MR) is 95.4 cm³/mol. The van der Waals surface area contributed by atoms with Crippen molar-refractivity contribution in [3.8, 4) is 0 Å². The summed E-state index contributed by atoms with van der Waals surface area (Å²) in [5, 5.41) is 3.61. The third kappa shape index (κ3) is 3.46. The number of para-hydroxylation sites is 1. The van der Waals surface area contributed by atoms with E-state index < -0.39 is 33.2 Å². The molecule has 0 aliphatic carbocycles. The standard InChI is InChI=1S/C18H21NO6S/c1-12(15-11-13-5-3-4-6-14(13)25-15)16(20)19-18(17(21)24-2)7-9-26(22,23)10-8-18/h3-6,11-12H,7-10H2,1-2H3,(H,19,20)/t12-/m1/s1. The van der Waals surface area contributed by atoms with Gasteiger partial charge >= 0.3 is 5.97 Å². The number of sulfone groups is 1. The number of hydrogen-bond acceptors (Lipinski definition) is 6. The van der Waals surface area contributed by atoms with E-state index in [0.29, 0.717) is 11.3 Å². The summed E-state index contributed by atoms with van der Waals surface area (Å²) in [4.78, 5) is 25.0. The molecule has 2 heterocycles. The number of nitrogens with one attached hydrogen (secondary N) is 1. The van der Waals surface area contributed by atoms with E-state index in [2.05, 4.69) is 5.32 Å². The third-order valence-electron chi connectivity index (χ3n) is 4.88. The maximum Gasteiger partial charge on any atom is 0.331 e. The number of furan rings is 1. The zero-order valence-electron chi connectivity index (χ0n) is 14.7. The third-order valence-corrected chi connectivity index (χ3v) is 6.54. The molecule has 1 amide bonds. The fourth-order valence-electron chi connectivity index (χ4n) is 3.15. The van der Waals surface area contributed by atoms with Crippen molar-refractivity contribution in [2.75, 3.05) is 18.6 Å². The van der Waals surface area contributed by atoms with Gasteiger partial charge in [-0.25, -0.2) is 13.2 Å². The smallest absolute Gasteiger partial charge is 0.331 e. The van der Waals surface area contributed by atoms with Gasteiger partial charge in [0.05, 0.1) is 24.5 Å². The number of amides is 1. The average Bonchev–Trinajstić information content (AvgIpc) is 3.06. The molecule has 1 aromatic heterocycles. The molecule has 0 unspecified atom stereocenters. The highest BCUT2D eigenvalue weighted by molar-refractivity contribution is 7.91. The van der Waals surface area contributed by atoms with Crippen molar-refractivity contribution in [1.29, 1.82) is 0 Å². The van der Waals surface area contributed by atoms with Gasteiger partial charge in [0.2, 0.25) is 5.91 Å². The Bertz CT molecular complexity index is 898. The summed E-state index contributed by atoms with van der Waals surface area (Å²) in [6.07, 6.45) is 0.00118.